The molecule has 1 saturated heterocycles. The highest BCUT2D eigenvalue weighted by molar-refractivity contribution is 7.86. The van der Waals surface area contributed by atoms with Gasteiger partial charge in [-0.3, -0.25) is 4.21 Å². The van der Waals surface area contributed by atoms with Crippen molar-refractivity contribution in [2.45, 2.75) is 62.6 Å². The lowest BCUT2D eigenvalue weighted by atomic mass is 9.81. The lowest BCUT2D eigenvalue weighted by Crippen LogP contribution is -2.39. The summed E-state index contributed by atoms with van der Waals surface area (Å²) in [6.45, 7) is 4.93. The number of hydrogen-bond donors (Lipinski definition) is 0. The van der Waals surface area contributed by atoms with Gasteiger partial charge < -0.3 is 4.74 Å². The second-order valence-corrected chi connectivity index (χ2v) is 7.46. The van der Waals surface area contributed by atoms with E-state index < -0.39 is 10.8 Å². The summed E-state index contributed by atoms with van der Waals surface area (Å²) >= 11 is 0. The predicted octanol–water partition coefficient (Wildman–Crippen LogP) is 2.63. The summed E-state index contributed by atoms with van der Waals surface area (Å²) in [5.74, 6) is 0.641. The molecule has 6 unspecified atom stereocenters. The molecule has 102 valence electrons. The van der Waals surface area contributed by atoms with E-state index in [1.807, 2.05) is 6.92 Å². The van der Waals surface area contributed by atoms with Gasteiger partial charge in [0.25, 0.3) is 0 Å². The fourth-order valence-electron chi connectivity index (χ4n) is 3.23. The Bertz CT molecular complexity index is 352. The summed E-state index contributed by atoms with van der Waals surface area (Å²) in [5.41, 5.74) is 0. The van der Waals surface area contributed by atoms with Gasteiger partial charge in [0.1, 0.15) is 0 Å². The minimum Gasteiger partial charge on any atom is -0.377 e. The third-order valence-electron chi connectivity index (χ3n) is 4.55. The average Bonchev–Trinajstić information content (AvgIpc) is 2.83. The van der Waals surface area contributed by atoms with Crippen LogP contribution in [0.2, 0.25) is 0 Å². The van der Waals surface area contributed by atoms with Gasteiger partial charge in [-0.05, 0) is 38.5 Å². The van der Waals surface area contributed by atoms with E-state index in [1.165, 1.54) is 0 Å². The first-order valence-electron chi connectivity index (χ1n) is 7.08. The Hall–Kier alpha value is -0.400. The van der Waals surface area contributed by atoms with Crippen LogP contribution in [0.15, 0.2) is 0 Å². The van der Waals surface area contributed by atoms with Crippen molar-refractivity contribution >= 4 is 10.8 Å². The van der Waals surface area contributed by atoms with E-state index in [0.717, 1.165) is 38.7 Å². The van der Waals surface area contributed by atoms with Crippen LogP contribution in [0.4, 0.5) is 0 Å². The van der Waals surface area contributed by atoms with E-state index in [4.69, 9.17) is 4.74 Å². The molecule has 0 spiro atoms. The molecule has 18 heavy (non-hydrogen) atoms. The maximum atomic E-state index is 12.7. The molecule has 0 radical (unpaired) electrons. The fourth-order valence-corrected chi connectivity index (χ4v) is 5.45. The molecule has 0 N–H and O–H groups in total. The fraction of sp³-hybridized carbons (Fsp3) is 0.929. The molecule has 1 saturated carbocycles. The zero-order valence-electron chi connectivity index (χ0n) is 11.3. The normalized spacial score (nSPS) is 42.4. The van der Waals surface area contributed by atoms with Crippen molar-refractivity contribution < 1.29 is 8.95 Å². The third kappa shape index (κ3) is 2.78. The Morgan fingerprint density at radius 3 is 2.67 bits per heavy atom. The summed E-state index contributed by atoms with van der Waals surface area (Å²) in [7, 11) is -0.912. The van der Waals surface area contributed by atoms with Crippen molar-refractivity contribution in [3.05, 3.63) is 0 Å². The van der Waals surface area contributed by atoms with E-state index in [1.54, 1.807) is 0 Å². The Labute approximate surface area is 112 Å². The molecule has 4 heteroatoms. The van der Waals surface area contributed by atoms with Gasteiger partial charge in [-0.2, -0.15) is 5.26 Å². The predicted molar refractivity (Wildman–Crippen MR) is 72.5 cm³/mol. The van der Waals surface area contributed by atoms with Crippen molar-refractivity contribution in [3.8, 4) is 6.07 Å². The third-order valence-corrected chi connectivity index (χ3v) is 6.88. The van der Waals surface area contributed by atoms with Crippen LogP contribution in [-0.2, 0) is 15.5 Å². The Balaban J connectivity index is 2.08. The van der Waals surface area contributed by atoms with Gasteiger partial charge in [-0.15, -0.1) is 0 Å². The zero-order valence-corrected chi connectivity index (χ0v) is 12.1. The number of nitriles is 1. The van der Waals surface area contributed by atoms with Crippen molar-refractivity contribution in [3.63, 3.8) is 0 Å². The topological polar surface area (TPSA) is 50.1 Å². The van der Waals surface area contributed by atoms with Crippen molar-refractivity contribution in [2.24, 2.45) is 11.8 Å². The molecule has 2 fully saturated rings. The summed E-state index contributed by atoms with van der Waals surface area (Å²) in [5, 5.41) is 9.47. The van der Waals surface area contributed by atoms with Crippen LogP contribution in [0.3, 0.4) is 0 Å². The molecule has 0 aromatic carbocycles. The molecule has 2 aliphatic rings. The molecule has 0 aromatic heterocycles. The van der Waals surface area contributed by atoms with Crippen LogP contribution in [0.25, 0.3) is 0 Å². The molecule has 1 aliphatic carbocycles. The van der Waals surface area contributed by atoms with Gasteiger partial charge in [-0.25, -0.2) is 0 Å². The summed E-state index contributed by atoms with van der Waals surface area (Å²) < 4.78 is 18.2. The number of ether oxygens (including phenoxy) is 1. The van der Waals surface area contributed by atoms with E-state index in [-0.39, 0.29) is 22.5 Å². The van der Waals surface area contributed by atoms with Gasteiger partial charge in [0, 0.05) is 17.4 Å². The van der Waals surface area contributed by atoms with Crippen molar-refractivity contribution in [2.75, 3.05) is 6.61 Å². The molecule has 1 heterocycles. The zero-order chi connectivity index (χ0) is 13.1. The van der Waals surface area contributed by atoms with Gasteiger partial charge in [0.2, 0.25) is 0 Å². The first-order valence-corrected chi connectivity index (χ1v) is 8.35. The highest BCUT2D eigenvalue weighted by Crippen LogP contribution is 2.36. The lowest BCUT2D eigenvalue weighted by molar-refractivity contribution is 0.126. The summed E-state index contributed by atoms with van der Waals surface area (Å²) in [4.78, 5) is 0. The maximum Gasteiger partial charge on any atom is 0.0691 e. The van der Waals surface area contributed by atoms with E-state index in [2.05, 4.69) is 13.0 Å². The molecule has 0 aromatic rings. The molecule has 1 aliphatic heterocycles. The number of rotatable bonds is 3. The summed E-state index contributed by atoms with van der Waals surface area (Å²) in [6.07, 6.45) is 5.13. The van der Waals surface area contributed by atoms with E-state index >= 15 is 0 Å². The smallest absolute Gasteiger partial charge is 0.0691 e. The van der Waals surface area contributed by atoms with Crippen LogP contribution >= 0.6 is 0 Å². The van der Waals surface area contributed by atoms with Crippen molar-refractivity contribution in [1.29, 1.82) is 5.26 Å². The summed E-state index contributed by atoms with van der Waals surface area (Å²) in [6, 6.07) is 2.38. The Kier molecular flexibility index (Phi) is 4.80. The van der Waals surface area contributed by atoms with Gasteiger partial charge in [0.15, 0.2) is 0 Å². The average molecular weight is 269 g/mol. The number of nitrogens with zero attached hydrogens (tertiary/aromatic N) is 1. The molecule has 2 rings (SSSR count). The monoisotopic (exact) mass is 269 g/mol. The first-order chi connectivity index (χ1) is 8.67. The highest BCUT2D eigenvalue weighted by Gasteiger charge is 2.40. The highest BCUT2D eigenvalue weighted by atomic mass is 32.2. The Morgan fingerprint density at radius 1 is 1.33 bits per heavy atom. The lowest BCUT2D eigenvalue weighted by Gasteiger charge is -2.33. The minimum absolute atomic E-state index is 0.0126. The molecular weight excluding hydrogens is 246 g/mol. The quantitative estimate of drug-likeness (QED) is 0.791. The molecule has 6 atom stereocenters. The second kappa shape index (κ2) is 6.16. The van der Waals surface area contributed by atoms with Crippen LogP contribution in [0.1, 0.15) is 46.0 Å². The standard InChI is InChI=1S/C14H23NO2S/c1-3-11-4-5-12(9-15)14(8-11)18(16)13-6-7-17-10(13)2/h10-14H,3-8H2,1-2H3. The Morgan fingerprint density at radius 2 is 2.11 bits per heavy atom. The van der Waals surface area contributed by atoms with E-state index in [9.17, 15) is 9.47 Å². The molecule has 0 bridgehead atoms. The maximum absolute atomic E-state index is 12.7. The van der Waals surface area contributed by atoms with Crippen molar-refractivity contribution in [1.82, 2.24) is 0 Å². The van der Waals surface area contributed by atoms with Gasteiger partial charge in [-0.1, -0.05) is 13.3 Å². The largest absolute Gasteiger partial charge is 0.377 e. The SMILES string of the molecule is CCC1CCC(C#N)C(S(=O)C2CCOC2C)C1. The second-order valence-electron chi connectivity index (χ2n) is 5.59. The van der Waals surface area contributed by atoms with Crippen LogP contribution < -0.4 is 0 Å². The van der Waals surface area contributed by atoms with Crippen LogP contribution in [-0.4, -0.2) is 27.4 Å². The van der Waals surface area contributed by atoms with Gasteiger partial charge >= 0.3 is 0 Å². The minimum atomic E-state index is -0.912. The van der Waals surface area contributed by atoms with Gasteiger partial charge in [0.05, 0.1) is 28.6 Å². The molecule has 3 nitrogen and oxygen atoms in total. The van der Waals surface area contributed by atoms with E-state index in [0.29, 0.717) is 5.92 Å². The first kappa shape index (κ1) is 14.0. The number of hydrogen-bond acceptors (Lipinski definition) is 3. The molecule has 0 amide bonds. The van der Waals surface area contributed by atoms with Crippen LogP contribution in [0.5, 0.6) is 0 Å². The van der Waals surface area contributed by atoms with Crippen LogP contribution in [0, 0.1) is 23.2 Å². The molecular formula is C14H23NO2S.